The SMILES string of the molecule is COc1ccc(-c2cc3c(=O)[nH]nc(SCc4ccccc4C)n3n2)cc1OC. The third-order valence-corrected chi connectivity index (χ3v) is 5.65. The summed E-state index contributed by atoms with van der Waals surface area (Å²) in [6.45, 7) is 2.08. The number of aromatic amines is 1. The van der Waals surface area contributed by atoms with E-state index in [2.05, 4.69) is 34.4 Å². The lowest BCUT2D eigenvalue weighted by molar-refractivity contribution is 0.355. The molecule has 2 aromatic heterocycles. The number of fused-ring (bicyclic) bond motifs is 1. The molecule has 2 aromatic carbocycles. The fourth-order valence-corrected chi connectivity index (χ4v) is 4.02. The number of aryl methyl sites for hydroxylation is 1. The molecular weight excluding hydrogens is 388 g/mol. The molecule has 0 aliphatic heterocycles. The van der Waals surface area contributed by atoms with Crippen LogP contribution in [0.1, 0.15) is 11.1 Å². The molecule has 2 heterocycles. The zero-order chi connectivity index (χ0) is 20.4. The van der Waals surface area contributed by atoms with Crippen LogP contribution in [0.15, 0.2) is 58.5 Å². The number of benzene rings is 2. The minimum Gasteiger partial charge on any atom is -0.493 e. The van der Waals surface area contributed by atoms with E-state index in [1.807, 2.05) is 30.3 Å². The van der Waals surface area contributed by atoms with E-state index in [-0.39, 0.29) is 5.56 Å². The fraction of sp³-hybridized carbons (Fsp3) is 0.190. The van der Waals surface area contributed by atoms with Gasteiger partial charge in [-0.1, -0.05) is 36.0 Å². The van der Waals surface area contributed by atoms with Gasteiger partial charge in [0.25, 0.3) is 5.56 Å². The minimum absolute atomic E-state index is 0.288. The molecule has 0 spiro atoms. The molecule has 0 amide bonds. The number of hydrogen-bond donors (Lipinski definition) is 1. The van der Waals surface area contributed by atoms with Gasteiger partial charge in [-0.3, -0.25) is 4.79 Å². The predicted molar refractivity (Wildman–Crippen MR) is 113 cm³/mol. The number of thioether (sulfide) groups is 1. The van der Waals surface area contributed by atoms with Crippen LogP contribution in [0, 0.1) is 6.92 Å². The topological polar surface area (TPSA) is 81.5 Å². The highest BCUT2D eigenvalue weighted by Gasteiger charge is 2.14. The molecule has 7 nitrogen and oxygen atoms in total. The summed E-state index contributed by atoms with van der Waals surface area (Å²) in [6, 6.07) is 15.5. The standard InChI is InChI=1S/C21H20N4O3S/c1-13-6-4-5-7-15(13)12-29-21-23-22-20(26)17-11-16(24-25(17)21)14-8-9-18(27-2)19(10-14)28-3/h4-11H,12H2,1-3H3,(H,22,26). The van der Waals surface area contributed by atoms with Gasteiger partial charge in [-0.05, 0) is 42.3 Å². The third-order valence-electron chi connectivity index (χ3n) is 4.67. The number of nitrogens with zero attached hydrogens (tertiary/aromatic N) is 3. The highest BCUT2D eigenvalue weighted by Crippen LogP contribution is 2.32. The van der Waals surface area contributed by atoms with E-state index in [1.165, 1.54) is 22.9 Å². The molecule has 0 bridgehead atoms. The monoisotopic (exact) mass is 408 g/mol. The van der Waals surface area contributed by atoms with Crippen LogP contribution in [0.5, 0.6) is 11.5 Å². The Balaban J connectivity index is 1.72. The highest BCUT2D eigenvalue weighted by atomic mass is 32.2. The van der Waals surface area contributed by atoms with Gasteiger partial charge in [0.05, 0.1) is 19.9 Å². The summed E-state index contributed by atoms with van der Waals surface area (Å²) < 4.78 is 12.3. The first-order valence-corrected chi connectivity index (χ1v) is 9.97. The van der Waals surface area contributed by atoms with Crippen LogP contribution >= 0.6 is 11.8 Å². The van der Waals surface area contributed by atoms with Crippen molar-refractivity contribution in [2.75, 3.05) is 14.2 Å². The lowest BCUT2D eigenvalue weighted by atomic mass is 10.1. The van der Waals surface area contributed by atoms with Crippen molar-refractivity contribution in [3.63, 3.8) is 0 Å². The summed E-state index contributed by atoms with van der Waals surface area (Å²) >= 11 is 1.52. The van der Waals surface area contributed by atoms with E-state index in [4.69, 9.17) is 9.47 Å². The highest BCUT2D eigenvalue weighted by molar-refractivity contribution is 7.98. The zero-order valence-corrected chi connectivity index (χ0v) is 17.1. The quantitative estimate of drug-likeness (QED) is 0.490. The first kappa shape index (κ1) is 19.1. The Labute approximate surface area is 171 Å². The molecule has 29 heavy (non-hydrogen) atoms. The van der Waals surface area contributed by atoms with Crippen LogP contribution in [0.25, 0.3) is 16.8 Å². The first-order chi connectivity index (χ1) is 14.1. The molecule has 0 saturated heterocycles. The van der Waals surface area contributed by atoms with Gasteiger partial charge >= 0.3 is 0 Å². The van der Waals surface area contributed by atoms with Crippen LogP contribution < -0.4 is 15.0 Å². The Bertz CT molecular complexity index is 1230. The van der Waals surface area contributed by atoms with Crippen molar-refractivity contribution in [1.82, 2.24) is 19.8 Å². The van der Waals surface area contributed by atoms with Crippen LogP contribution in [0.3, 0.4) is 0 Å². The minimum atomic E-state index is -0.288. The average molecular weight is 408 g/mol. The molecule has 0 saturated carbocycles. The molecule has 4 aromatic rings. The summed E-state index contributed by atoms with van der Waals surface area (Å²) in [7, 11) is 3.17. The maximum Gasteiger partial charge on any atom is 0.290 e. The molecule has 0 atom stereocenters. The van der Waals surface area contributed by atoms with Gasteiger partial charge in [0.2, 0.25) is 5.16 Å². The largest absolute Gasteiger partial charge is 0.493 e. The van der Waals surface area contributed by atoms with Crippen molar-refractivity contribution in [1.29, 1.82) is 0 Å². The number of H-pyrrole nitrogens is 1. The van der Waals surface area contributed by atoms with Gasteiger partial charge in [-0.25, -0.2) is 9.61 Å². The van der Waals surface area contributed by atoms with Crippen molar-refractivity contribution in [2.45, 2.75) is 17.8 Å². The van der Waals surface area contributed by atoms with Gasteiger partial charge in [-0.2, -0.15) is 5.10 Å². The summed E-state index contributed by atoms with van der Waals surface area (Å²) in [4.78, 5) is 12.3. The lowest BCUT2D eigenvalue weighted by Crippen LogP contribution is -2.13. The maximum atomic E-state index is 12.3. The second kappa shape index (κ2) is 8.00. The van der Waals surface area contributed by atoms with Crippen LogP contribution in [0.4, 0.5) is 0 Å². The van der Waals surface area contributed by atoms with Gasteiger partial charge in [0.1, 0.15) is 5.52 Å². The van der Waals surface area contributed by atoms with Gasteiger partial charge < -0.3 is 9.47 Å². The van der Waals surface area contributed by atoms with E-state index < -0.39 is 0 Å². The van der Waals surface area contributed by atoms with Crippen LogP contribution in [-0.2, 0) is 5.75 Å². The Morgan fingerprint density at radius 3 is 2.62 bits per heavy atom. The summed E-state index contributed by atoms with van der Waals surface area (Å²) in [5.41, 5.74) is 4.06. The Kier molecular flexibility index (Phi) is 5.26. The molecular formula is C21H20N4O3S. The normalized spacial score (nSPS) is 11.0. The Morgan fingerprint density at radius 1 is 1.07 bits per heavy atom. The van der Waals surface area contributed by atoms with Crippen molar-refractivity contribution in [2.24, 2.45) is 0 Å². The number of methoxy groups -OCH3 is 2. The van der Waals surface area contributed by atoms with Gasteiger partial charge in [0.15, 0.2) is 11.5 Å². The number of hydrogen-bond acceptors (Lipinski definition) is 6. The first-order valence-electron chi connectivity index (χ1n) is 8.99. The molecule has 0 aliphatic carbocycles. The second-order valence-corrected chi connectivity index (χ2v) is 7.39. The van der Waals surface area contributed by atoms with E-state index in [9.17, 15) is 4.79 Å². The number of nitrogens with one attached hydrogen (secondary N) is 1. The molecule has 4 rings (SSSR count). The molecule has 8 heteroatoms. The summed E-state index contributed by atoms with van der Waals surface area (Å²) in [5, 5.41) is 12.0. The number of rotatable bonds is 6. The van der Waals surface area contributed by atoms with E-state index in [0.29, 0.717) is 27.9 Å². The van der Waals surface area contributed by atoms with Crippen molar-refractivity contribution < 1.29 is 9.47 Å². The van der Waals surface area contributed by atoms with E-state index in [1.54, 1.807) is 24.8 Å². The Morgan fingerprint density at radius 2 is 1.86 bits per heavy atom. The van der Waals surface area contributed by atoms with Crippen molar-refractivity contribution >= 4 is 17.3 Å². The summed E-state index contributed by atoms with van der Waals surface area (Å²) in [5.74, 6) is 1.96. The van der Waals surface area contributed by atoms with Crippen molar-refractivity contribution in [3.05, 3.63) is 70.0 Å². The molecule has 0 radical (unpaired) electrons. The summed E-state index contributed by atoms with van der Waals surface area (Å²) in [6.07, 6.45) is 0. The third kappa shape index (κ3) is 3.71. The lowest BCUT2D eigenvalue weighted by Gasteiger charge is -2.08. The van der Waals surface area contributed by atoms with Crippen LogP contribution in [-0.4, -0.2) is 34.0 Å². The second-order valence-electron chi connectivity index (χ2n) is 6.45. The maximum absolute atomic E-state index is 12.3. The number of ether oxygens (including phenoxy) is 2. The molecule has 148 valence electrons. The predicted octanol–water partition coefficient (Wildman–Crippen LogP) is 3.70. The van der Waals surface area contributed by atoms with Gasteiger partial charge in [0, 0.05) is 11.3 Å². The number of aromatic nitrogens is 4. The van der Waals surface area contributed by atoms with Crippen LogP contribution in [0.2, 0.25) is 0 Å². The van der Waals surface area contributed by atoms with E-state index in [0.717, 1.165) is 11.3 Å². The van der Waals surface area contributed by atoms with Crippen molar-refractivity contribution in [3.8, 4) is 22.8 Å². The molecule has 0 aliphatic rings. The molecule has 0 unspecified atom stereocenters. The average Bonchev–Trinajstić information content (AvgIpc) is 3.20. The molecule has 0 fully saturated rings. The Hall–Kier alpha value is -3.26. The molecule has 1 N–H and O–H groups in total. The fourth-order valence-electron chi connectivity index (χ4n) is 3.04. The smallest absolute Gasteiger partial charge is 0.290 e. The zero-order valence-electron chi connectivity index (χ0n) is 16.3. The van der Waals surface area contributed by atoms with Gasteiger partial charge in [-0.15, -0.1) is 5.10 Å². The van der Waals surface area contributed by atoms with E-state index >= 15 is 0 Å².